The molecule has 0 saturated carbocycles. The molecule has 1 atom stereocenters. The van der Waals surface area contributed by atoms with Gasteiger partial charge in [-0.05, 0) is 0 Å². The van der Waals surface area contributed by atoms with Crippen molar-refractivity contribution in [1.82, 2.24) is 5.32 Å². The number of amides is 2. The SMILES string of the molecule is NCC1CC(=O)NC1=O. The number of rotatable bonds is 1. The van der Waals surface area contributed by atoms with Crippen LogP contribution in [-0.4, -0.2) is 18.4 Å². The lowest BCUT2D eigenvalue weighted by Gasteiger charge is -1.96. The van der Waals surface area contributed by atoms with Gasteiger partial charge in [0.05, 0.1) is 5.92 Å². The molecule has 9 heavy (non-hydrogen) atoms. The minimum absolute atomic E-state index is 0.213. The molecule has 0 bridgehead atoms. The van der Waals surface area contributed by atoms with Crippen molar-refractivity contribution in [3.63, 3.8) is 0 Å². The molecule has 1 rings (SSSR count). The molecule has 1 heterocycles. The standard InChI is InChI=1S/C5H8N2O2/c6-2-3-1-4(8)7-5(3)9/h3H,1-2,6H2,(H,7,8,9). The van der Waals surface area contributed by atoms with E-state index in [1.807, 2.05) is 0 Å². The maximum Gasteiger partial charge on any atom is 0.231 e. The fourth-order valence-corrected chi connectivity index (χ4v) is 0.797. The van der Waals surface area contributed by atoms with Gasteiger partial charge in [0.15, 0.2) is 0 Å². The Labute approximate surface area is 52.4 Å². The Hall–Kier alpha value is -0.900. The Balaban J connectivity index is 2.58. The highest BCUT2D eigenvalue weighted by molar-refractivity contribution is 6.03. The van der Waals surface area contributed by atoms with E-state index < -0.39 is 0 Å². The fourth-order valence-electron chi connectivity index (χ4n) is 0.797. The predicted molar refractivity (Wildman–Crippen MR) is 30.3 cm³/mol. The first kappa shape index (κ1) is 6.22. The first-order valence-electron chi connectivity index (χ1n) is 2.78. The van der Waals surface area contributed by atoms with Gasteiger partial charge in [0, 0.05) is 13.0 Å². The number of nitrogens with one attached hydrogen (secondary N) is 1. The van der Waals surface area contributed by atoms with E-state index in [4.69, 9.17) is 5.73 Å². The van der Waals surface area contributed by atoms with Crippen LogP contribution in [0.4, 0.5) is 0 Å². The van der Waals surface area contributed by atoms with Crippen molar-refractivity contribution in [2.45, 2.75) is 6.42 Å². The van der Waals surface area contributed by atoms with Crippen LogP contribution in [0.5, 0.6) is 0 Å². The highest BCUT2D eigenvalue weighted by Crippen LogP contribution is 2.07. The van der Waals surface area contributed by atoms with Crippen LogP contribution < -0.4 is 11.1 Å². The number of carbonyl (C=O) groups excluding carboxylic acids is 2. The molecular weight excluding hydrogens is 120 g/mol. The second kappa shape index (κ2) is 2.14. The molecule has 0 aliphatic carbocycles. The lowest BCUT2D eigenvalue weighted by atomic mass is 10.1. The van der Waals surface area contributed by atoms with Crippen molar-refractivity contribution in [1.29, 1.82) is 0 Å². The summed E-state index contributed by atoms with van der Waals surface area (Å²) in [6, 6.07) is 0. The minimum Gasteiger partial charge on any atom is -0.330 e. The van der Waals surface area contributed by atoms with Gasteiger partial charge in [-0.15, -0.1) is 0 Å². The van der Waals surface area contributed by atoms with Crippen LogP contribution in [0.1, 0.15) is 6.42 Å². The van der Waals surface area contributed by atoms with Crippen molar-refractivity contribution >= 4 is 11.8 Å². The van der Waals surface area contributed by atoms with E-state index >= 15 is 0 Å². The number of hydrogen-bond donors (Lipinski definition) is 2. The third-order valence-electron chi connectivity index (χ3n) is 1.35. The summed E-state index contributed by atoms with van der Waals surface area (Å²) in [5.74, 6) is -0.726. The number of carbonyl (C=O) groups is 2. The van der Waals surface area contributed by atoms with Crippen LogP contribution in [0.3, 0.4) is 0 Å². The lowest BCUT2D eigenvalue weighted by molar-refractivity contribution is -0.125. The highest BCUT2D eigenvalue weighted by atomic mass is 16.2. The van der Waals surface area contributed by atoms with Gasteiger partial charge in [0.1, 0.15) is 0 Å². The van der Waals surface area contributed by atoms with Crippen molar-refractivity contribution in [2.75, 3.05) is 6.54 Å². The maximum absolute atomic E-state index is 10.6. The van der Waals surface area contributed by atoms with E-state index in [2.05, 4.69) is 5.32 Å². The van der Waals surface area contributed by atoms with E-state index in [0.717, 1.165) is 0 Å². The molecule has 0 radical (unpaired) electrons. The molecule has 0 aromatic heterocycles. The van der Waals surface area contributed by atoms with Crippen molar-refractivity contribution in [3.8, 4) is 0 Å². The van der Waals surface area contributed by atoms with E-state index in [-0.39, 0.29) is 30.7 Å². The molecular formula is C5H8N2O2. The second-order valence-corrected chi connectivity index (χ2v) is 2.05. The highest BCUT2D eigenvalue weighted by Gasteiger charge is 2.28. The molecule has 1 aliphatic rings. The third kappa shape index (κ3) is 1.08. The quantitative estimate of drug-likeness (QED) is 0.427. The predicted octanol–water partition coefficient (Wildman–Crippen LogP) is -1.39. The molecule has 3 N–H and O–H groups in total. The minimum atomic E-state index is -0.280. The van der Waals surface area contributed by atoms with Crippen molar-refractivity contribution in [2.24, 2.45) is 11.7 Å². The topological polar surface area (TPSA) is 72.2 Å². The average Bonchev–Trinajstić information content (AvgIpc) is 2.10. The molecule has 1 fully saturated rings. The summed E-state index contributed by atoms with van der Waals surface area (Å²) in [4.78, 5) is 21.0. The van der Waals surface area contributed by atoms with Gasteiger partial charge in [-0.2, -0.15) is 0 Å². The normalized spacial score (nSPS) is 26.6. The van der Waals surface area contributed by atoms with Gasteiger partial charge in [-0.1, -0.05) is 0 Å². The van der Waals surface area contributed by atoms with Gasteiger partial charge in [0.25, 0.3) is 0 Å². The molecule has 4 nitrogen and oxygen atoms in total. The molecule has 0 aromatic rings. The molecule has 4 heteroatoms. The fraction of sp³-hybridized carbons (Fsp3) is 0.600. The summed E-state index contributed by atoms with van der Waals surface area (Å²) in [6.45, 7) is 0.261. The van der Waals surface area contributed by atoms with Crippen LogP contribution in [-0.2, 0) is 9.59 Å². The number of nitrogens with two attached hydrogens (primary N) is 1. The molecule has 2 amide bonds. The molecule has 50 valence electrons. The largest absolute Gasteiger partial charge is 0.330 e. The van der Waals surface area contributed by atoms with Crippen LogP contribution >= 0.6 is 0 Å². The van der Waals surface area contributed by atoms with E-state index in [1.165, 1.54) is 0 Å². The van der Waals surface area contributed by atoms with E-state index in [9.17, 15) is 9.59 Å². The van der Waals surface area contributed by atoms with Crippen LogP contribution in [0.2, 0.25) is 0 Å². The Morgan fingerprint density at radius 1 is 1.67 bits per heavy atom. The summed E-state index contributed by atoms with van der Waals surface area (Å²) in [7, 11) is 0. The summed E-state index contributed by atoms with van der Waals surface area (Å²) >= 11 is 0. The first-order chi connectivity index (χ1) is 4.24. The average molecular weight is 128 g/mol. The van der Waals surface area contributed by atoms with E-state index in [1.54, 1.807) is 0 Å². The van der Waals surface area contributed by atoms with Gasteiger partial charge >= 0.3 is 0 Å². The van der Waals surface area contributed by atoms with Crippen molar-refractivity contribution in [3.05, 3.63) is 0 Å². The Morgan fingerprint density at radius 3 is 2.56 bits per heavy atom. The second-order valence-electron chi connectivity index (χ2n) is 2.05. The van der Waals surface area contributed by atoms with Gasteiger partial charge in [0.2, 0.25) is 11.8 Å². The monoisotopic (exact) mass is 128 g/mol. The Bertz CT molecular complexity index is 155. The van der Waals surface area contributed by atoms with Gasteiger partial charge in [-0.25, -0.2) is 0 Å². The maximum atomic E-state index is 10.6. The van der Waals surface area contributed by atoms with Gasteiger partial charge < -0.3 is 5.73 Å². The lowest BCUT2D eigenvalue weighted by Crippen LogP contribution is -2.25. The Kier molecular flexibility index (Phi) is 1.48. The van der Waals surface area contributed by atoms with Gasteiger partial charge in [-0.3, -0.25) is 14.9 Å². The molecule has 1 unspecified atom stereocenters. The zero-order chi connectivity index (χ0) is 6.85. The number of hydrogen-bond acceptors (Lipinski definition) is 3. The smallest absolute Gasteiger partial charge is 0.231 e. The van der Waals surface area contributed by atoms with Crippen LogP contribution in [0.15, 0.2) is 0 Å². The molecule has 1 aliphatic heterocycles. The van der Waals surface area contributed by atoms with Crippen molar-refractivity contribution < 1.29 is 9.59 Å². The number of imide groups is 1. The zero-order valence-corrected chi connectivity index (χ0v) is 4.89. The van der Waals surface area contributed by atoms with Crippen LogP contribution in [0.25, 0.3) is 0 Å². The third-order valence-corrected chi connectivity index (χ3v) is 1.35. The summed E-state index contributed by atoms with van der Waals surface area (Å²) in [5, 5.41) is 2.16. The first-order valence-corrected chi connectivity index (χ1v) is 2.78. The van der Waals surface area contributed by atoms with E-state index in [0.29, 0.717) is 0 Å². The zero-order valence-electron chi connectivity index (χ0n) is 4.89. The molecule has 0 spiro atoms. The summed E-state index contributed by atoms with van der Waals surface area (Å²) in [5.41, 5.74) is 5.17. The summed E-state index contributed by atoms with van der Waals surface area (Å²) < 4.78 is 0. The molecule has 1 saturated heterocycles. The summed E-state index contributed by atoms with van der Waals surface area (Å²) in [6.07, 6.45) is 0.259. The molecule has 0 aromatic carbocycles. The van der Waals surface area contributed by atoms with Crippen LogP contribution in [0, 0.1) is 5.92 Å². The Morgan fingerprint density at radius 2 is 2.33 bits per heavy atom.